The van der Waals surface area contributed by atoms with Crippen LogP contribution in [0, 0.1) is 5.82 Å². The number of carbonyl (C=O) groups excluding carboxylic acids is 1. The van der Waals surface area contributed by atoms with E-state index in [0.717, 1.165) is 4.68 Å². The van der Waals surface area contributed by atoms with Gasteiger partial charge in [-0.1, -0.05) is 35.9 Å². The van der Waals surface area contributed by atoms with Gasteiger partial charge in [-0.3, -0.25) is 9.59 Å². The molecule has 0 fully saturated rings. The number of aromatic nitrogens is 2. The number of rotatable bonds is 3. The Morgan fingerprint density at radius 1 is 1.22 bits per heavy atom. The van der Waals surface area contributed by atoms with E-state index in [0.29, 0.717) is 10.8 Å². The van der Waals surface area contributed by atoms with Gasteiger partial charge in [-0.25, -0.2) is 9.07 Å². The second-order valence-electron chi connectivity index (χ2n) is 4.84. The van der Waals surface area contributed by atoms with Crippen LogP contribution >= 0.6 is 11.6 Å². The summed E-state index contributed by atoms with van der Waals surface area (Å²) in [6, 6.07) is 11.2. The Balaban J connectivity index is 1.85. The lowest BCUT2D eigenvalue weighted by Crippen LogP contribution is -2.29. The summed E-state index contributed by atoms with van der Waals surface area (Å²) in [5.41, 5.74) is -0.429. The standard InChI is InChI=1S/C16H11ClFN3O2/c17-12-6-3-7-13(15(12)18)20-14(22)9-21-16(23)11-5-2-1-4-10(11)8-19-21/h1-8H,9H2,(H,20,22). The number of hydrogen-bond donors (Lipinski definition) is 1. The third-order valence-corrected chi connectivity index (χ3v) is 3.57. The van der Waals surface area contributed by atoms with Crippen molar-refractivity contribution in [1.29, 1.82) is 0 Å². The lowest BCUT2D eigenvalue weighted by atomic mass is 10.2. The summed E-state index contributed by atoms with van der Waals surface area (Å²) >= 11 is 5.65. The van der Waals surface area contributed by atoms with Crippen LogP contribution in [-0.4, -0.2) is 15.7 Å². The first-order valence-electron chi connectivity index (χ1n) is 6.75. The molecule has 3 rings (SSSR count). The lowest BCUT2D eigenvalue weighted by molar-refractivity contribution is -0.117. The first-order chi connectivity index (χ1) is 11.1. The highest BCUT2D eigenvalue weighted by Crippen LogP contribution is 2.21. The maximum atomic E-state index is 13.8. The monoisotopic (exact) mass is 331 g/mol. The van der Waals surface area contributed by atoms with E-state index in [1.807, 2.05) is 0 Å². The summed E-state index contributed by atoms with van der Waals surface area (Å²) in [6.45, 7) is -0.324. The summed E-state index contributed by atoms with van der Waals surface area (Å²) in [6.07, 6.45) is 1.50. The van der Waals surface area contributed by atoms with Crippen molar-refractivity contribution in [2.24, 2.45) is 0 Å². The van der Waals surface area contributed by atoms with Gasteiger partial charge in [0, 0.05) is 5.39 Å². The minimum atomic E-state index is -0.721. The van der Waals surface area contributed by atoms with Crippen molar-refractivity contribution in [2.45, 2.75) is 6.54 Å². The Bertz CT molecular complexity index is 955. The maximum Gasteiger partial charge on any atom is 0.275 e. The van der Waals surface area contributed by atoms with Crippen molar-refractivity contribution in [1.82, 2.24) is 9.78 Å². The third-order valence-electron chi connectivity index (χ3n) is 3.28. The molecule has 1 aromatic heterocycles. The van der Waals surface area contributed by atoms with Gasteiger partial charge >= 0.3 is 0 Å². The molecule has 0 spiro atoms. The van der Waals surface area contributed by atoms with Crippen molar-refractivity contribution in [3.8, 4) is 0 Å². The molecule has 0 saturated carbocycles. The Labute approximate surface area is 135 Å². The first-order valence-corrected chi connectivity index (χ1v) is 7.13. The van der Waals surface area contributed by atoms with Gasteiger partial charge in [0.05, 0.1) is 22.3 Å². The molecule has 116 valence electrons. The molecular formula is C16H11ClFN3O2. The summed E-state index contributed by atoms with van der Waals surface area (Å²) in [5.74, 6) is -1.29. The van der Waals surface area contributed by atoms with Crippen LogP contribution in [0.3, 0.4) is 0 Å². The molecule has 1 heterocycles. The molecule has 5 nitrogen and oxygen atoms in total. The number of nitrogens with zero attached hydrogens (tertiary/aromatic N) is 2. The Kier molecular flexibility index (Phi) is 4.08. The molecule has 3 aromatic rings. The Morgan fingerprint density at radius 3 is 2.83 bits per heavy atom. The van der Waals surface area contributed by atoms with Gasteiger partial charge in [0.1, 0.15) is 6.54 Å². The second-order valence-corrected chi connectivity index (χ2v) is 5.25. The Hall–Kier alpha value is -2.73. The molecule has 7 heteroatoms. The van der Waals surface area contributed by atoms with E-state index in [2.05, 4.69) is 10.4 Å². The molecule has 23 heavy (non-hydrogen) atoms. The smallest absolute Gasteiger partial charge is 0.275 e. The molecule has 0 aliphatic rings. The van der Waals surface area contributed by atoms with Gasteiger partial charge in [0.15, 0.2) is 5.82 Å². The molecule has 1 N–H and O–H groups in total. The van der Waals surface area contributed by atoms with Crippen LogP contribution in [0.25, 0.3) is 10.8 Å². The fourth-order valence-electron chi connectivity index (χ4n) is 2.17. The Morgan fingerprint density at radius 2 is 2.00 bits per heavy atom. The van der Waals surface area contributed by atoms with Gasteiger partial charge < -0.3 is 5.32 Å². The van der Waals surface area contributed by atoms with Crippen molar-refractivity contribution in [3.63, 3.8) is 0 Å². The largest absolute Gasteiger partial charge is 0.322 e. The van der Waals surface area contributed by atoms with E-state index in [1.54, 1.807) is 24.3 Å². The molecule has 0 radical (unpaired) electrons. The van der Waals surface area contributed by atoms with Crippen molar-refractivity contribution < 1.29 is 9.18 Å². The van der Waals surface area contributed by atoms with Crippen LogP contribution in [0.2, 0.25) is 5.02 Å². The van der Waals surface area contributed by atoms with E-state index >= 15 is 0 Å². The number of halogens is 2. The van der Waals surface area contributed by atoms with Gasteiger partial charge in [0.25, 0.3) is 5.56 Å². The number of anilines is 1. The number of amides is 1. The predicted octanol–water partition coefficient (Wildman–Crippen LogP) is 2.83. The average molecular weight is 332 g/mol. The first kappa shape index (κ1) is 15.2. The van der Waals surface area contributed by atoms with Crippen molar-refractivity contribution in [3.05, 3.63) is 69.9 Å². The number of nitrogens with one attached hydrogen (secondary N) is 1. The van der Waals surface area contributed by atoms with Crippen LogP contribution in [0.1, 0.15) is 0 Å². The highest BCUT2D eigenvalue weighted by Gasteiger charge is 2.12. The SMILES string of the molecule is O=C(Cn1ncc2ccccc2c1=O)Nc1cccc(Cl)c1F. The highest BCUT2D eigenvalue weighted by atomic mass is 35.5. The fourth-order valence-corrected chi connectivity index (χ4v) is 2.34. The predicted molar refractivity (Wildman–Crippen MR) is 86.0 cm³/mol. The van der Waals surface area contributed by atoms with Gasteiger partial charge in [-0.15, -0.1) is 0 Å². The normalized spacial score (nSPS) is 10.7. The van der Waals surface area contributed by atoms with Crippen LogP contribution in [0.4, 0.5) is 10.1 Å². The zero-order valence-corrected chi connectivity index (χ0v) is 12.5. The van der Waals surface area contributed by atoms with E-state index in [1.165, 1.54) is 24.4 Å². The van der Waals surface area contributed by atoms with Crippen molar-refractivity contribution >= 4 is 34.0 Å². The minimum absolute atomic E-state index is 0.0451. The van der Waals surface area contributed by atoms with Crippen LogP contribution in [0.5, 0.6) is 0 Å². The van der Waals surface area contributed by atoms with E-state index in [9.17, 15) is 14.0 Å². The molecule has 0 unspecified atom stereocenters. The van der Waals surface area contributed by atoms with E-state index in [4.69, 9.17) is 11.6 Å². The van der Waals surface area contributed by atoms with Crippen LogP contribution in [-0.2, 0) is 11.3 Å². The van der Waals surface area contributed by atoms with Gasteiger partial charge in [-0.05, 0) is 18.2 Å². The molecule has 1 amide bonds. The zero-order chi connectivity index (χ0) is 16.4. The maximum absolute atomic E-state index is 13.8. The molecule has 2 aromatic carbocycles. The minimum Gasteiger partial charge on any atom is -0.322 e. The van der Waals surface area contributed by atoms with Crippen LogP contribution < -0.4 is 10.9 Å². The number of benzene rings is 2. The van der Waals surface area contributed by atoms with E-state index < -0.39 is 11.7 Å². The zero-order valence-electron chi connectivity index (χ0n) is 11.8. The summed E-state index contributed by atoms with van der Waals surface area (Å²) < 4.78 is 14.8. The third kappa shape index (κ3) is 3.07. The summed E-state index contributed by atoms with van der Waals surface area (Å²) in [5, 5.41) is 7.39. The molecule has 0 aliphatic carbocycles. The van der Waals surface area contributed by atoms with Crippen LogP contribution in [0.15, 0.2) is 53.5 Å². The quantitative estimate of drug-likeness (QED) is 0.802. The fraction of sp³-hybridized carbons (Fsp3) is 0.0625. The number of fused-ring (bicyclic) bond motifs is 1. The van der Waals surface area contributed by atoms with E-state index in [-0.39, 0.29) is 22.8 Å². The molecule has 0 bridgehead atoms. The second kappa shape index (κ2) is 6.18. The number of carbonyl (C=O) groups is 1. The molecular weight excluding hydrogens is 321 g/mol. The molecule has 0 aliphatic heterocycles. The summed E-state index contributed by atoms with van der Waals surface area (Å²) in [7, 11) is 0. The van der Waals surface area contributed by atoms with Gasteiger partial charge in [0.2, 0.25) is 5.91 Å². The highest BCUT2D eigenvalue weighted by molar-refractivity contribution is 6.31. The topological polar surface area (TPSA) is 64.0 Å². The van der Waals surface area contributed by atoms with Gasteiger partial charge in [-0.2, -0.15) is 5.10 Å². The number of hydrogen-bond acceptors (Lipinski definition) is 3. The summed E-state index contributed by atoms with van der Waals surface area (Å²) in [4.78, 5) is 24.3. The molecule has 0 saturated heterocycles. The molecule has 0 atom stereocenters. The van der Waals surface area contributed by atoms with Crippen molar-refractivity contribution in [2.75, 3.05) is 5.32 Å². The lowest BCUT2D eigenvalue weighted by Gasteiger charge is -2.08. The average Bonchev–Trinajstić information content (AvgIpc) is 2.55.